The zero-order valence-electron chi connectivity index (χ0n) is 12.2. The molecular formula is C14H29N3O. The highest BCUT2D eigenvalue weighted by Gasteiger charge is 2.26. The first-order valence-corrected chi connectivity index (χ1v) is 7.37. The number of piperidine rings is 1. The molecule has 106 valence electrons. The van der Waals surface area contributed by atoms with Gasteiger partial charge < -0.3 is 15.5 Å². The van der Waals surface area contributed by atoms with Crippen LogP contribution in [0.25, 0.3) is 0 Å². The van der Waals surface area contributed by atoms with Crippen molar-refractivity contribution in [1.82, 2.24) is 15.5 Å². The number of amides is 1. The van der Waals surface area contributed by atoms with Gasteiger partial charge in [-0.25, -0.2) is 0 Å². The number of carbonyl (C=O) groups excluding carboxylic acids is 1. The molecule has 2 N–H and O–H groups in total. The summed E-state index contributed by atoms with van der Waals surface area (Å²) in [6.07, 6.45) is 4.11. The summed E-state index contributed by atoms with van der Waals surface area (Å²) >= 11 is 0. The maximum Gasteiger partial charge on any atom is 0.219 e. The summed E-state index contributed by atoms with van der Waals surface area (Å²) in [4.78, 5) is 13.7. The summed E-state index contributed by atoms with van der Waals surface area (Å²) < 4.78 is 0. The van der Waals surface area contributed by atoms with Crippen LogP contribution >= 0.6 is 0 Å². The Morgan fingerprint density at radius 2 is 2.17 bits per heavy atom. The molecule has 0 aromatic carbocycles. The van der Waals surface area contributed by atoms with Crippen LogP contribution in [0.15, 0.2) is 0 Å². The summed E-state index contributed by atoms with van der Waals surface area (Å²) in [7, 11) is 1.71. The van der Waals surface area contributed by atoms with Crippen LogP contribution in [0.1, 0.15) is 39.5 Å². The summed E-state index contributed by atoms with van der Waals surface area (Å²) in [5.41, 5.74) is 0. The fraction of sp³-hybridized carbons (Fsp3) is 0.929. The smallest absolute Gasteiger partial charge is 0.219 e. The quantitative estimate of drug-likeness (QED) is 0.719. The van der Waals surface area contributed by atoms with Gasteiger partial charge in [-0.2, -0.15) is 0 Å². The summed E-state index contributed by atoms with van der Waals surface area (Å²) in [5.74, 6) is 0.920. The third-order valence-corrected chi connectivity index (χ3v) is 3.97. The molecule has 18 heavy (non-hydrogen) atoms. The molecule has 0 bridgehead atoms. The van der Waals surface area contributed by atoms with Gasteiger partial charge in [0.2, 0.25) is 5.91 Å². The van der Waals surface area contributed by atoms with E-state index < -0.39 is 0 Å². The van der Waals surface area contributed by atoms with Crippen molar-refractivity contribution < 1.29 is 4.79 Å². The Balaban J connectivity index is 2.27. The number of hydrogen-bond acceptors (Lipinski definition) is 3. The minimum Gasteiger partial charge on any atom is -0.359 e. The van der Waals surface area contributed by atoms with Crippen molar-refractivity contribution in [2.24, 2.45) is 5.92 Å². The molecule has 1 saturated heterocycles. The van der Waals surface area contributed by atoms with Gasteiger partial charge in [0.25, 0.3) is 0 Å². The molecule has 1 rings (SSSR count). The van der Waals surface area contributed by atoms with Gasteiger partial charge in [-0.1, -0.05) is 20.3 Å². The molecule has 1 aliphatic heterocycles. The van der Waals surface area contributed by atoms with Crippen LogP contribution in [0.4, 0.5) is 0 Å². The molecule has 2 atom stereocenters. The third kappa shape index (κ3) is 4.94. The highest BCUT2D eigenvalue weighted by molar-refractivity contribution is 5.75. The van der Waals surface area contributed by atoms with E-state index >= 15 is 0 Å². The number of rotatable bonds is 7. The Kier molecular flexibility index (Phi) is 7.28. The van der Waals surface area contributed by atoms with Crippen LogP contribution in [-0.4, -0.2) is 50.1 Å². The lowest BCUT2D eigenvalue weighted by Crippen LogP contribution is -2.49. The van der Waals surface area contributed by atoms with Crippen molar-refractivity contribution in [3.8, 4) is 0 Å². The standard InChI is InChI=1S/C14H29N3O/c1-4-12-11-17(9-6-7-14(18)15-3)10-8-13(12)16-5-2/h12-13,16H,4-11H2,1-3H3,(H,15,18). The maximum atomic E-state index is 11.2. The van der Waals surface area contributed by atoms with E-state index in [1.165, 1.54) is 25.9 Å². The van der Waals surface area contributed by atoms with Gasteiger partial charge in [0.1, 0.15) is 0 Å². The van der Waals surface area contributed by atoms with Crippen molar-refractivity contribution in [3.05, 3.63) is 0 Å². The molecule has 0 aromatic heterocycles. The van der Waals surface area contributed by atoms with E-state index in [1.807, 2.05) is 0 Å². The lowest BCUT2D eigenvalue weighted by Gasteiger charge is -2.38. The van der Waals surface area contributed by atoms with Gasteiger partial charge in [0.05, 0.1) is 0 Å². The monoisotopic (exact) mass is 255 g/mol. The van der Waals surface area contributed by atoms with Crippen molar-refractivity contribution >= 4 is 5.91 Å². The van der Waals surface area contributed by atoms with Gasteiger partial charge >= 0.3 is 0 Å². The van der Waals surface area contributed by atoms with E-state index in [-0.39, 0.29) is 5.91 Å². The molecule has 1 aliphatic rings. The molecule has 4 heteroatoms. The predicted molar refractivity (Wildman–Crippen MR) is 75.6 cm³/mol. The third-order valence-electron chi connectivity index (χ3n) is 3.97. The fourth-order valence-electron chi connectivity index (χ4n) is 2.84. The van der Waals surface area contributed by atoms with Crippen LogP contribution in [0.3, 0.4) is 0 Å². The number of carbonyl (C=O) groups is 1. The van der Waals surface area contributed by atoms with Gasteiger partial charge in [-0.05, 0) is 38.4 Å². The Bertz CT molecular complexity index is 245. The summed E-state index contributed by atoms with van der Waals surface area (Å²) in [5, 5.41) is 6.28. The van der Waals surface area contributed by atoms with Gasteiger partial charge in [0.15, 0.2) is 0 Å². The van der Waals surface area contributed by atoms with Gasteiger partial charge in [-0.15, -0.1) is 0 Å². The number of nitrogens with one attached hydrogen (secondary N) is 2. The minimum atomic E-state index is 0.157. The van der Waals surface area contributed by atoms with Crippen molar-refractivity contribution in [3.63, 3.8) is 0 Å². The Labute approximate surface area is 111 Å². The predicted octanol–water partition coefficient (Wildman–Crippen LogP) is 1.22. The highest BCUT2D eigenvalue weighted by atomic mass is 16.1. The first-order valence-electron chi connectivity index (χ1n) is 7.37. The van der Waals surface area contributed by atoms with E-state index in [9.17, 15) is 4.79 Å². The molecule has 0 aromatic rings. The lowest BCUT2D eigenvalue weighted by molar-refractivity contribution is -0.120. The van der Waals surface area contributed by atoms with E-state index in [4.69, 9.17) is 0 Å². The van der Waals surface area contributed by atoms with Crippen LogP contribution < -0.4 is 10.6 Å². The molecular weight excluding hydrogens is 226 g/mol. The topological polar surface area (TPSA) is 44.4 Å². The molecule has 0 saturated carbocycles. The highest BCUT2D eigenvalue weighted by Crippen LogP contribution is 2.20. The SMILES string of the molecule is CCNC1CCN(CCCC(=O)NC)CC1CC. The Morgan fingerprint density at radius 3 is 2.78 bits per heavy atom. The van der Waals surface area contributed by atoms with Crippen molar-refractivity contribution in [2.75, 3.05) is 33.2 Å². The lowest BCUT2D eigenvalue weighted by atomic mass is 9.89. The number of nitrogens with zero attached hydrogens (tertiary/aromatic N) is 1. The van der Waals surface area contributed by atoms with E-state index in [0.717, 1.165) is 25.4 Å². The van der Waals surface area contributed by atoms with E-state index in [1.54, 1.807) is 7.05 Å². The molecule has 1 heterocycles. The van der Waals surface area contributed by atoms with Gasteiger partial charge in [-0.3, -0.25) is 4.79 Å². The van der Waals surface area contributed by atoms with Crippen LogP contribution in [0.5, 0.6) is 0 Å². The van der Waals surface area contributed by atoms with Crippen molar-refractivity contribution in [2.45, 2.75) is 45.6 Å². The van der Waals surface area contributed by atoms with Crippen molar-refractivity contribution in [1.29, 1.82) is 0 Å². The zero-order valence-corrected chi connectivity index (χ0v) is 12.2. The van der Waals surface area contributed by atoms with E-state index in [2.05, 4.69) is 29.4 Å². The second kappa shape index (κ2) is 8.48. The maximum absolute atomic E-state index is 11.2. The van der Waals surface area contributed by atoms with Crippen LogP contribution in [0, 0.1) is 5.92 Å². The molecule has 0 spiro atoms. The van der Waals surface area contributed by atoms with Crippen LogP contribution in [0.2, 0.25) is 0 Å². The average Bonchev–Trinajstić information content (AvgIpc) is 2.40. The largest absolute Gasteiger partial charge is 0.359 e. The molecule has 1 fully saturated rings. The fourth-order valence-corrected chi connectivity index (χ4v) is 2.84. The average molecular weight is 255 g/mol. The molecule has 4 nitrogen and oxygen atoms in total. The molecule has 1 amide bonds. The van der Waals surface area contributed by atoms with Crippen LogP contribution in [-0.2, 0) is 4.79 Å². The Morgan fingerprint density at radius 1 is 1.39 bits per heavy atom. The first kappa shape index (κ1) is 15.4. The number of hydrogen-bond donors (Lipinski definition) is 2. The Hall–Kier alpha value is -0.610. The number of likely N-dealkylation sites (tertiary alicyclic amines) is 1. The summed E-state index contributed by atoms with van der Waals surface area (Å²) in [6.45, 7) is 8.94. The summed E-state index contributed by atoms with van der Waals surface area (Å²) in [6, 6.07) is 0.690. The molecule has 0 aliphatic carbocycles. The molecule has 2 unspecified atom stereocenters. The normalized spacial score (nSPS) is 25.1. The second-order valence-electron chi connectivity index (χ2n) is 5.20. The van der Waals surface area contributed by atoms with E-state index in [0.29, 0.717) is 12.5 Å². The second-order valence-corrected chi connectivity index (χ2v) is 5.20. The minimum absolute atomic E-state index is 0.157. The van der Waals surface area contributed by atoms with Gasteiger partial charge in [0, 0.05) is 26.1 Å². The first-order chi connectivity index (χ1) is 8.71. The zero-order chi connectivity index (χ0) is 13.4. The molecule has 0 radical (unpaired) electrons.